The van der Waals surface area contributed by atoms with Crippen molar-refractivity contribution in [3.05, 3.63) is 0 Å². The highest BCUT2D eigenvalue weighted by Gasteiger charge is 2.32. The highest BCUT2D eigenvalue weighted by atomic mass is 14.8. The van der Waals surface area contributed by atoms with Crippen molar-refractivity contribution >= 4 is 0 Å². The van der Waals surface area contributed by atoms with Crippen LogP contribution in [0, 0.1) is 5.41 Å². The standard InChI is InChI=1S/C19H39N/c1-3-4-5-6-7-8-9-10-11-12-15-19(18-20-2)16-13-14-17-19/h20H,3-18H2,1-2H3. The molecule has 0 radical (unpaired) electrons. The molecule has 0 heterocycles. The van der Waals surface area contributed by atoms with Crippen molar-refractivity contribution in [3.8, 4) is 0 Å². The molecule has 0 unspecified atom stereocenters. The molecule has 0 aromatic heterocycles. The summed E-state index contributed by atoms with van der Waals surface area (Å²) in [4.78, 5) is 0. The summed E-state index contributed by atoms with van der Waals surface area (Å²) in [6, 6.07) is 0. The average Bonchev–Trinajstić information content (AvgIpc) is 2.90. The fourth-order valence-corrected chi connectivity index (χ4v) is 4.00. The smallest absolute Gasteiger partial charge is 0.000480 e. The van der Waals surface area contributed by atoms with Crippen LogP contribution in [0.15, 0.2) is 0 Å². The van der Waals surface area contributed by atoms with Crippen molar-refractivity contribution in [2.45, 2.75) is 103 Å². The zero-order chi connectivity index (χ0) is 14.5. The summed E-state index contributed by atoms with van der Waals surface area (Å²) in [5.41, 5.74) is 0.675. The summed E-state index contributed by atoms with van der Waals surface area (Å²) in [5.74, 6) is 0. The lowest BCUT2D eigenvalue weighted by molar-refractivity contribution is 0.253. The van der Waals surface area contributed by atoms with Crippen LogP contribution in [0.25, 0.3) is 0 Å². The van der Waals surface area contributed by atoms with Crippen LogP contribution in [-0.2, 0) is 0 Å². The number of nitrogens with one attached hydrogen (secondary N) is 1. The Bertz CT molecular complexity index is 206. The van der Waals surface area contributed by atoms with E-state index in [0.29, 0.717) is 5.41 Å². The van der Waals surface area contributed by atoms with E-state index in [4.69, 9.17) is 0 Å². The predicted molar refractivity (Wildman–Crippen MR) is 91.3 cm³/mol. The second-order valence-corrected chi connectivity index (χ2v) is 7.17. The highest BCUT2D eigenvalue weighted by molar-refractivity contribution is 4.86. The quantitative estimate of drug-likeness (QED) is 0.404. The molecule has 0 bridgehead atoms. The Labute approximate surface area is 128 Å². The minimum absolute atomic E-state index is 0.675. The molecule has 1 rings (SSSR count). The van der Waals surface area contributed by atoms with Gasteiger partial charge >= 0.3 is 0 Å². The van der Waals surface area contributed by atoms with E-state index < -0.39 is 0 Å². The average molecular weight is 282 g/mol. The van der Waals surface area contributed by atoms with Crippen LogP contribution in [0.5, 0.6) is 0 Å². The lowest BCUT2D eigenvalue weighted by Gasteiger charge is -2.28. The molecule has 1 saturated carbocycles. The molecule has 0 aromatic carbocycles. The summed E-state index contributed by atoms with van der Waals surface area (Å²) >= 11 is 0. The van der Waals surface area contributed by atoms with Crippen LogP contribution in [-0.4, -0.2) is 13.6 Å². The van der Waals surface area contributed by atoms with Gasteiger partial charge in [0.05, 0.1) is 0 Å². The Morgan fingerprint density at radius 3 is 1.75 bits per heavy atom. The van der Waals surface area contributed by atoms with Gasteiger partial charge in [-0.1, -0.05) is 84.0 Å². The number of unbranched alkanes of at least 4 members (excludes halogenated alkanes) is 9. The zero-order valence-corrected chi connectivity index (χ0v) is 14.3. The van der Waals surface area contributed by atoms with Gasteiger partial charge in [-0.05, 0) is 31.7 Å². The SMILES string of the molecule is CCCCCCCCCCCCC1(CNC)CCCC1. The molecular weight excluding hydrogens is 242 g/mol. The molecule has 120 valence electrons. The summed E-state index contributed by atoms with van der Waals surface area (Å²) < 4.78 is 0. The van der Waals surface area contributed by atoms with Crippen LogP contribution < -0.4 is 5.32 Å². The lowest BCUT2D eigenvalue weighted by atomic mass is 9.81. The molecule has 0 aromatic rings. The molecular formula is C19H39N. The topological polar surface area (TPSA) is 12.0 Å². The summed E-state index contributed by atoms with van der Waals surface area (Å²) in [6.45, 7) is 3.55. The summed E-state index contributed by atoms with van der Waals surface area (Å²) in [6.07, 6.45) is 22.0. The first-order valence-corrected chi connectivity index (χ1v) is 9.47. The van der Waals surface area contributed by atoms with Gasteiger partial charge in [-0.2, -0.15) is 0 Å². The fraction of sp³-hybridized carbons (Fsp3) is 1.00. The largest absolute Gasteiger partial charge is 0.319 e. The molecule has 1 heteroatoms. The molecule has 0 aliphatic heterocycles. The van der Waals surface area contributed by atoms with Gasteiger partial charge in [-0.3, -0.25) is 0 Å². The first kappa shape index (κ1) is 18.0. The fourth-order valence-electron chi connectivity index (χ4n) is 4.00. The number of hydrogen-bond acceptors (Lipinski definition) is 1. The number of hydrogen-bond donors (Lipinski definition) is 1. The minimum Gasteiger partial charge on any atom is -0.319 e. The molecule has 1 aliphatic rings. The third kappa shape index (κ3) is 7.67. The normalized spacial score (nSPS) is 17.7. The number of rotatable bonds is 13. The van der Waals surface area contributed by atoms with Crippen molar-refractivity contribution in [1.29, 1.82) is 0 Å². The molecule has 20 heavy (non-hydrogen) atoms. The van der Waals surface area contributed by atoms with E-state index in [2.05, 4.69) is 19.3 Å². The molecule has 0 amide bonds. The van der Waals surface area contributed by atoms with E-state index in [1.807, 2.05) is 0 Å². The molecule has 1 nitrogen and oxygen atoms in total. The Hall–Kier alpha value is -0.0400. The molecule has 1 N–H and O–H groups in total. The Balaban J connectivity index is 1.91. The van der Waals surface area contributed by atoms with Crippen molar-refractivity contribution in [2.24, 2.45) is 5.41 Å². The van der Waals surface area contributed by atoms with Gasteiger partial charge in [0, 0.05) is 6.54 Å². The third-order valence-corrected chi connectivity index (χ3v) is 5.28. The highest BCUT2D eigenvalue weighted by Crippen LogP contribution is 2.41. The summed E-state index contributed by atoms with van der Waals surface area (Å²) in [7, 11) is 2.12. The Morgan fingerprint density at radius 1 is 0.750 bits per heavy atom. The zero-order valence-electron chi connectivity index (χ0n) is 14.3. The van der Waals surface area contributed by atoms with Gasteiger partial charge in [0.2, 0.25) is 0 Å². The van der Waals surface area contributed by atoms with Gasteiger partial charge in [0.1, 0.15) is 0 Å². The van der Waals surface area contributed by atoms with Crippen LogP contribution in [0.2, 0.25) is 0 Å². The van der Waals surface area contributed by atoms with Crippen molar-refractivity contribution in [2.75, 3.05) is 13.6 Å². The molecule has 1 fully saturated rings. The van der Waals surface area contributed by atoms with Crippen molar-refractivity contribution < 1.29 is 0 Å². The van der Waals surface area contributed by atoms with Crippen LogP contribution >= 0.6 is 0 Å². The van der Waals surface area contributed by atoms with Crippen molar-refractivity contribution in [3.63, 3.8) is 0 Å². The molecule has 0 atom stereocenters. The lowest BCUT2D eigenvalue weighted by Crippen LogP contribution is -2.29. The van der Waals surface area contributed by atoms with E-state index in [-0.39, 0.29) is 0 Å². The van der Waals surface area contributed by atoms with Gasteiger partial charge in [-0.15, -0.1) is 0 Å². The third-order valence-electron chi connectivity index (χ3n) is 5.28. The maximum atomic E-state index is 3.44. The van der Waals surface area contributed by atoms with Crippen molar-refractivity contribution in [1.82, 2.24) is 5.32 Å². The second-order valence-electron chi connectivity index (χ2n) is 7.17. The van der Waals surface area contributed by atoms with E-state index in [9.17, 15) is 0 Å². The van der Waals surface area contributed by atoms with Gasteiger partial charge in [-0.25, -0.2) is 0 Å². The van der Waals surface area contributed by atoms with Crippen LogP contribution in [0.1, 0.15) is 103 Å². The predicted octanol–water partition coefficient (Wildman–Crippen LogP) is 6.08. The van der Waals surface area contributed by atoms with E-state index in [1.54, 1.807) is 0 Å². The maximum absolute atomic E-state index is 3.44. The molecule has 1 aliphatic carbocycles. The minimum atomic E-state index is 0.675. The van der Waals surface area contributed by atoms with Crippen LogP contribution in [0.4, 0.5) is 0 Å². The Morgan fingerprint density at radius 2 is 1.25 bits per heavy atom. The van der Waals surface area contributed by atoms with Gasteiger partial charge in [0.25, 0.3) is 0 Å². The first-order valence-electron chi connectivity index (χ1n) is 9.47. The Kier molecular flexibility index (Phi) is 10.4. The van der Waals surface area contributed by atoms with E-state index in [1.165, 1.54) is 103 Å². The van der Waals surface area contributed by atoms with Gasteiger partial charge < -0.3 is 5.32 Å². The molecule has 0 saturated heterocycles. The first-order chi connectivity index (χ1) is 9.83. The van der Waals surface area contributed by atoms with Gasteiger partial charge in [0.15, 0.2) is 0 Å². The van der Waals surface area contributed by atoms with Crippen LogP contribution in [0.3, 0.4) is 0 Å². The van der Waals surface area contributed by atoms with E-state index in [0.717, 1.165) is 0 Å². The van der Waals surface area contributed by atoms with E-state index >= 15 is 0 Å². The monoisotopic (exact) mass is 281 g/mol. The molecule has 0 spiro atoms. The maximum Gasteiger partial charge on any atom is 0.000480 e. The summed E-state index contributed by atoms with van der Waals surface area (Å²) in [5, 5.41) is 3.44. The second kappa shape index (κ2) is 11.6.